The van der Waals surface area contributed by atoms with E-state index >= 15 is 0 Å². The molecular formula is C21H19ClN4O5S2. The van der Waals surface area contributed by atoms with Gasteiger partial charge in [0.25, 0.3) is 0 Å². The third kappa shape index (κ3) is 4.05. The predicted octanol–water partition coefficient (Wildman–Crippen LogP) is 3.43. The molecule has 2 aromatic carbocycles. The summed E-state index contributed by atoms with van der Waals surface area (Å²) in [5.41, 5.74) is 1.44. The smallest absolute Gasteiger partial charge is 0.408 e. The minimum Gasteiger partial charge on any atom is -0.408 e. The predicted molar refractivity (Wildman–Crippen MR) is 126 cm³/mol. The second kappa shape index (κ2) is 8.24. The number of aromatic nitrogens is 2. The van der Waals surface area contributed by atoms with Gasteiger partial charge in [0, 0.05) is 31.2 Å². The number of hydrogen-bond acceptors (Lipinski definition) is 7. The van der Waals surface area contributed by atoms with Crippen molar-refractivity contribution in [3.05, 3.63) is 52.0 Å². The highest BCUT2D eigenvalue weighted by molar-refractivity contribution is 7.89. The molecule has 1 amide bonds. The van der Waals surface area contributed by atoms with E-state index in [0.29, 0.717) is 35.1 Å². The summed E-state index contributed by atoms with van der Waals surface area (Å²) >= 11 is 7.33. The van der Waals surface area contributed by atoms with Crippen LogP contribution in [-0.4, -0.2) is 41.3 Å². The molecule has 3 heterocycles. The van der Waals surface area contributed by atoms with Gasteiger partial charge in [-0.3, -0.25) is 9.36 Å². The van der Waals surface area contributed by atoms with Gasteiger partial charge in [-0.2, -0.15) is 4.31 Å². The van der Waals surface area contributed by atoms with Gasteiger partial charge in [-0.05, 0) is 43.2 Å². The first-order chi connectivity index (χ1) is 15.7. The highest BCUT2D eigenvalue weighted by atomic mass is 35.5. The van der Waals surface area contributed by atoms with Crippen molar-refractivity contribution in [2.75, 3.05) is 18.4 Å². The third-order valence-electron chi connectivity index (χ3n) is 5.74. The largest absolute Gasteiger partial charge is 0.419 e. The number of oxazole rings is 1. The molecule has 0 saturated carbocycles. The Morgan fingerprint density at radius 2 is 2.09 bits per heavy atom. The number of thiazole rings is 1. The quantitative estimate of drug-likeness (QED) is 0.453. The van der Waals surface area contributed by atoms with E-state index in [0.717, 1.165) is 10.2 Å². The highest BCUT2D eigenvalue weighted by Gasteiger charge is 2.34. The first-order valence-electron chi connectivity index (χ1n) is 10.2. The summed E-state index contributed by atoms with van der Waals surface area (Å²) in [6.45, 7) is 0.365. The lowest BCUT2D eigenvalue weighted by molar-refractivity contribution is -0.120. The number of carbonyl (C=O) groups excluding carboxylic acids is 1. The zero-order valence-electron chi connectivity index (χ0n) is 17.4. The highest BCUT2D eigenvalue weighted by Crippen LogP contribution is 2.30. The lowest BCUT2D eigenvalue weighted by Gasteiger charge is -2.31. The van der Waals surface area contributed by atoms with Gasteiger partial charge in [-0.25, -0.2) is 18.2 Å². The number of aryl methyl sites for hydroxylation is 1. The van der Waals surface area contributed by atoms with Crippen LogP contribution in [0.15, 0.2) is 50.5 Å². The summed E-state index contributed by atoms with van der Waals surface area (Å²) in [6.07, 6.45) is 1.12. The average Bonchev–Trinajstić information content (AvgIpc) is 3.32. The SMILES string of the molecule is Cn1c(=O)oc2cc(S(=O)(=O)N3CCCC(C(=O)Nc4nc5ccc(Cl)cc5s4)C3)ccc21. The average molecular weight is 507 g/mol. The van der Waals surface area contributed by atoms with Gasteiger partial charge in [0.1, 0.15) is 0 Å². The molecule has 0 radical (unpaired) electrons. The van der Waals surface area contributed by atoms with Crippen molar-refractivity contribution in [3.8, 4) is 0 Å². The number of nitrogens with zero attached hydrogens (tertiary/aromatic N) is 3. The summed E-state index contributed by atoms with van der Waals surface area (Å²) in [4.78, 5) is 29.0. The number of carbonyl (C=O) groups is 1. The van der Waals surface area contributed by atoms with Gasteiger partial charge < -0.3 is 9.73 Å². The van der Waals surface area contributed by atoms with Gasteiger partial charge in [0.15, 0.2) is 10.7 Å². The van der Waals surface area contributed by atoms with Gasteiger partial charge in [-0.15, -0.1) is 0 Å². The molecule has 1 unspecified atom stereocenters. The van der Waals surface area contributed by atoms with Crippen LogP contribution in [0.2, 0.25) is 5.02 Å². The molecule has 12 heteroatoms. The minimum atomic E-state index is -3.87. The Balaban J connectivity index is 1.34. The summed E-state index contributed by atoms with van der Waals surface area (Å²) in [7, 11) is -2.32. The molecule has 172 valence electrons. The fraction of sp³-hybridized carbons (Fsp3) is 0.286. The van der Waals surface area contributed by atoms with Gasteiger partial charge in [-0.1, -0.05) is 22.9 Å². The Hall–Kier alpha value is -2.73. The fourth-order valence-corrected chi connectivity index (χ4v) is 6.64. The van der Waals surface area contributed by atoms with E-state index < -0.39 is 21.7 Å². The number of fused-ring (bicyclic) bond motifs is 2. The van der Waals surface area contributed by atoms with Crippen LogP contribution >= 0.6 is 22.9 Å². The molecule has 9 nitrogen and oxygen atoms in total. The molecule has 1 fully saturated rings. The first-order valence-corrected chi connectivity index (χ1v) is 12.8. The second-order valence-electron chi connectivity index (χ2n) is 7.88. The second-order valence-corrected chi connectivity index (χ2v) is 11.3. The number of rotatable bonds is 4. The Morgan fingerprint density at radius 1 is 1.27 bits per heavy atom. The standard InChI is InChI=1S/C21H19ClN4O5S2/c1-25-16-7-5-14(10-17(16)31-21(25)28)33(29,30)26-8-2-3-12(11-26)19(27)24-20-23-15-6-4-13(22)9-18(15)32-20/h4-7,9-10,12H,2-3,8,11H2,1H3,(H,23,24,27). The van der Waals surface area contributed by atoms with Crippen molar-refractivity contribution in [1.29, 1.82) is 0 Å². The Bertz CT molecular complexity index is 1560. The van der Waals surface area contributed by atoms with Crippen LogP contribution in [0.5, 0.6) is 0 Å². The summed E-state index contributed by atoms with van der Waals surface area (Å²) in [6, 6.07) is 9.64. The van der Waals surface area contributed by atoms with Crippen molar-refractivity contribution in [3.63, 3.8) is 0 Å². The van der Waals surface area contributed by atoms with Crippen LogP contribution in [0.25, 0.3) is 21.3 Å². The van der Waals surface area contributed by atoms with Crippen molar-refractivity contribution < 1.29 is 17.6 Å². The minimum absolute atomic E-state index is 0.0217. The number of halogens is 1. The summed E-state index contributed by atoms with van der Waals surface area (Å²) in [5, 5.41) is 3.85. The van der Waals surface area contributed by atoms with Crippen LogP contribution in [0.3, 0.4) is 0 Å². The number of hydrogen-bond donors (Lipinski definition) is 1. The molecule has 1 saturated heterocycles. The van der Waals surface area contributed by atoms with Crippen LogP contribution < -0.4 is 11.1 Å². The van der Waals surface area contributed by atoms with Crippen molar-refractivity contribution >= 4 is 65.3 Å². The molecule has 5 rings (SSSR count). The first kappa shape index (κ1) is 22.1. The molecule has 0 bridgehead atoms. The molecule has 0 spiro atoms. The number of amides is 1. The fourth-order valence-electron chi connectivity index (χ4n) is 3.96. The van der Waals surface area contributed by atoms with Crippen LogP contribution in [0.1, 0.15) is 12.8 Å². The van der Waals surface area contributed by atoms with E-state index in [9.17, 15) is 18.0 Å². The Morgan fingerprint density at radius 3 is 2.91 bits per heavy atom. The lowest BCUT2D eigenvalue weighted by Crippen LogP contribution is -2.43. The molecule has 4 aromatic rings. The molecule has 1 atom stereocenters. The topological polar surface area (TPSA) is 115 Å². The van der Waals surface area contributed by atoms with Gasteiger partial charge >= 0.3 is 5.76 Å². The molecule has 1 N–H and O–H groups in total. The summed E-state index contributed by atoms with van der Waals surface area (Å²) < 4.78 is 35.1. The molecular weight excluding hydrogens is 488 g/mol. The number of nitrogens with one attached hydrogen (secondary N) is 1. The number of sulfonamides is 1. The van der Waals surface area contributed by atoms with E-state index in [-0.39, 0.29) is 22.9 Å². The molecule has 1 aliphatic rings. The molecule has 0 aliphatic carbocycles. The van der Waals surface area contributed by atoms with E-state index in [1.807, 2.05) is 0 Å². The van der Waals surface area contributed by atoms with Crippen molar-refractivity contribution in [2.45, 2.75) is 17.7 Å². The zero-order valence-corrected chi connectivity index (χ0v) is 19.8. The zero-order chi connectivity index (χ0) is 23.3. The van der Waals surface area contributed by atoms with E-state index in [1.54, 1.807) is 31.3 Å². The molecule has 2 aromatic heterocycles. The van der Waals surface area contributed by atoms with Crippen LogP contribution in [-0.2, 0) is 21.9 Å². The monoisotopic (exact) mass is 506 g/mol. The molecule has 1 aliphatic heterocycles. The summed E-state index contributed by atoms with van der Waals surface area (Å²) in [5.74, 6) is -1.35. The Labute approximate surface area is 197 Å². The maximum atomic E-state index is 13.2. The van der Waals surface area contributed by atoms with E-state index in [2.05, 4.69) is 10.3 Å². The van der Waals surface area contributed by atoms with Gasteiger partial charge in [0.05, 0.1) is 26.5 Å². The maximum absolute atomic E-state index is 13.2. The number of benzene rings is 2. The maximum Gasteiger partial charge on any atom is 0.419 e. The normalized spacial score (nSPS) is 17.6. The third-order valence-corrected chi connectivity index (χ3v) is 8.77. The molecule has 33 heavy (non-hydrogen) atoms. The van der Waals surface area contributed by atoms with Crippen molar-refractivity contribution in [1.82, 2.24) is 13.9 Å². The van der Waals surface area contributed by atoms with Crippen molar-refractivity contribution in [2.24, 2.45) is 13.0 Å². The number of anilines is 1. The van der Waals surface area contributed by atoms with Crippen LogP contribution in [0, 0.1) is 5.92 Å². The Kier molecular flexibility index (Phi) is 5.52. The van der Waals surface area contributed by atoms with E-state index in [1.165, 1.54) is 32.3 Å². The van der Waals surface area contributed by atoms with Gasteiger partial charge in [0.2, 0.25) is 15.9 Å². The number of piperidine rings is 1. The van der Waals surface area contributed by atoms with Crippen LogP contribution in [0.4, 0.5) is 5.13 Å². The lowest BCUT2D eigenvalue weighted by atomic mass is 9.99. The van der Waals surface area contributed by atoms with E-state index in [4.69, 9.17) is 16.0 Å².